The van der Waals surface area contributed by atoms with E-state index in [2.05, 4.69) is 23.7 Å². The van der Waals surface area contributed by atoms with Crippen molar-refractivity contribution in [2.24, 2.45) is 5.41 Å². The minimum absolute atomic E-state index is 0.434. The van der Waals surface area contributed by atoms with Gasteiger partial charge in [-0.1, -0.05) is 26.3 Å². The molecule has 1 aromatic rings. The summed E-state index contributed by atoms with van der Waals surface area (Å²) in [7, 11) is 0. The Balaban J connectivity index is 2.01. The van der Waals surface area contributed by atoms with Crippen molar-refractivity contribution in [2.45, 2.75) is 46.1 Å². The summed E-state index contributed by atoms with van der Waals surface area (Å²) in [5.74, 6) is 1.04. The van der Waals surface area contributed by atoms with Crippen molar-refractivity contribution in [2.75, 3.05) is 18.0 Å². The lowest BCUT2D eigenvalue weighted by molar-refractivity contribution is 0.199. The molecule has 1 fully saturated rings. The second-order valence-corrected chi connectivity index (χ2v) is 5.78. The molecule has 100 valence electrons. The standard InChI is InChI=1S/C15H24N2O/c1-4-15(3)7-9-17(10-8-15)14-6-5-13(11-16-14)12(2)18/h5-6,11-12,18H,4,7-10H2,1-3H3/t12-/m0/s1. The molecular formula is C15H24N2O. The molecular weight excluding hydrogens is 224 g/mol. The Labute approximate surface area is 110 Å². The van der Waals surface area contributed by atoms with Crippen LogP contribution in [0.2, 0.25) is 0 Å². The summed E-state index contributed by atoms with van der Waals surface area (Å²) >= 11 is 0. The number of hydrogen-bond acceptors (Lipinski definition) is 3. The van der Waals surface area contributed by atoms with Crippen molar-refractivity contribution in [3.05, 3.63) is 23.9 Å². The largest absolute Gasteiger partial charge is 0.389 e. The van der Waals surface area contributed by atoms with Gasteiger partial charge in [0.25, 0.3) is 0 Å². The van der Waals surface area contributed by atoms with Gasteiger partial charge >= 0.3 is 0 Å². The number of rotatable bonds is 3. The number of anilines is 1. The fourth-order valence-corrected chi connectivity index (χ4v) is 2.46. The van der Waals surface area contributed by atoms with Crippen molar-refractivity contribution in [1.82, 2.24) is 4.98 Å². The van der Waals surface area contributed by atoms with Gasteiger partial charge in [0, 0.05) is 19.3 Å². The molecule has 3 heteroatoms. The Morgan fingerprint density at radius 3 is 2.50 bits per heavy atom. The third-order valence-corrected chi connectivity index (χ3v) is 4.40. The van der Waals surface area contributed by atoms with E-state index in [1.807, 2.05) is 12.1 Å². The fraction of sp³-hybridized carbons (Fsp3) is 0.667. The zero-order valence-electron chi connectivity index (χ0n) is 11.7. The summed E-state index contributed by atoms with van der Waals surface area (Å²) in [6, 6.07) is 4.00. The van der Waals surface area contributed by atoms with E-state index < -0.39 is 6.10 Å². The maximum absolute atomic E-state index is 9.47. The van der Waals surface area contributed by atoms with Crippen molar-refractivity contribution in [1.29, 1.82) is 0 Å². The molecule has 0 spiro atoms. The summed E-state index contributed by atoms with van der Waals surface area (Å²) in [5, 5.41) is 9.47. The molecule has 1 aromatic heterocycles. The number of hydrogen-bond donors (Lipinski definition) is 1. The van der Waals surface area contributed by atoms with E-state index in [1.54, 1.807) is 13.1 Å². The summed E-state index contributed by atoms with van der Waals surface area (Å²) in [6.07, 6.45) is 5.09. The van der Waals surface area contributed by atoms with Gasteiger partial charge in [0.15, 0.2) is 0 Å². The van der Waals surface area contributed by atoms with E-state index in [1.165, 1.54) is 19.3 Å². The van der Waals surface area contributed by atoms with Crippen LogP contribution in [0.3, 0.4) is 0 Å². The summed E-state index contributed by atoms with van der Waals surface area (Å²) < 4.78 is 0. The average Bonchev–Trinajstić information content (AvgIpc) is 2.40. The van der Waals surface area contributed by atoms with Crippen molar-refractivity contribution >= 4 is 5.82 Å². The van der Waals surface area contributed by atoms with Crippen LogP contribution in [0.1, 0.15) is 51.7 Å². The molecule has 0 bridgehead atoms. The highest BCUT2D eigenvalue weighted by Gasteiger charge is 2.28. The van der Waals surface area contributed by atoms with Crippen molar-refractivity contribution in [3.63, 3.8) is 0 Å². The molecule has 1 atom stereocenters. The van der Waals surface area contributed by atoms with Gasteiger partial charge in [0.1, 0.15) is 5.82 Å². The molecule has 1 aliphatic rings. The first-order valence-electron chi connectivity index (χ1n) is 6.93. The van der Waals surface area contributed by atoms with E-state index in [4.69, 9.17) is 0 Å². The molecule has 0 amide bonds. The van der Waals surface area contributed by atoms with E-state index in [0.29, 0.717) is 5.41 Å². The predicted molar refractivity (Wildman–Crippen MR) is 74.7 cm³/mol. The average molecular weight is 248 g/mol. The van der Waals surface area contributed by atoms with Crippen LogP contribution in [0.4, 0.5) is 5.82 Å². The van der Waals surface area contributed by atoms with Crippen LogP contribution in [0.5, 0.6) is 0 Å². The van der Waals surface area contributed by atoms with Crippen LogP contribution in [0.15, 0.2) is 18.3 Å². The van der Waals surface area contributed by atoms with Crippen LogP contribution < -0.4 is 4.90 Å². The number of aromatic nitrogens is 1. The smallest absolute Gasteiger partial charge is 0.128 e. The molecule has 3 nitrogen and oxygen atoms in total. The lowest BCUT2D eigenvalue weighted by atomic mass is 9.78. The number of aliphatic hydroxyl groups excluding tert-OH is 1. The first-order chi connectivity index (χ1) is 8.54. The molecule has 0 radical (unpaired) electrons. The minimum Gasteiger partial charge on any atom is -0.389 e. The zero-order valence-corrected chi connectivity index (χ0v) is 11.7. The molecule has 2 heterocycles. The molecule has 0 unspecified atom stereocenters. The van der Waals surface area contributed by atoms with Gasteiger partial charge < -0.3 is 10.0 Å². The Hall–Kier alpha value is -1.09. The highest BCUT2D eigenvalue weighted by molar-refractivity contribution is 5.40. The zero-order chi connectivity index (χ0) is 13.2. The SMILES string of the molecule is CCC1(C)CCN(c2ccc([C@H](C)O)cn2)CC1. The third-order valence-electron chi connectivity index (χ3n) is 4.40. The summed E-state index contributed by atoms with van der Waals surface area (Å²) in [5.41, 5.74) is 1.39. The van der Waals surface area contributed by atoms with Crippen LogP contribution in [-0.2, 0) is 0 Å². The van der Waals surface area contributed by atoms with Crippen molar-refractivity contribution < 1.29 is 5.11 Å². The highest BCUT2D eigenvalue weighted by Crippen LogP contribution is 2.35. The van der Waals surface area contributed by atoms with Gasteiger partial charge in [-0.25, -0.2) is 4.98 Å². The maximum atomic E-state index is 9.47. The van der Waals surface area contributed by atoms with Crippen molar-refractivity contribution in [3.8, 4) is 0 Å². The van der Waals surface area contributed by atoms with Gasteiger partial charge in [-0.15, -0.1) is 0 Å². The summed E-state index contributed by atoms with van der Waals surface area (Å²) in [6.45, 7) is 8.61. The summed E-state index contributed by atoms with van der Waals surface area (Å²) in [4.78, 5) is 6.81. The van der Waals surface area contributed by atoms with E-state index in [0.717, 1.165) is 24.5 Å². The quantitative estimate of drug-likeness (QED) is 0.892. The molecule has 1 N–H and O–H groups in total. The van der Waals surface area contributed by atoms with Crippen LogP contribution in [0.25, 0.3) is 0 Å². The lowest BCUT2D eigenvalue weighted by Gasteiger charge is -2.39. The molecule has 2 rings (SSSR count). The fourth-order valence-electron chi connectivity index (χ4n) is 2.46. The number of aliphatic hydroxyl groups is 1. The maximum Gasteiger partial charge on any atom is 0.128 e. The van der Waals surface area contributed by atoms with Gasteiger partial charge in [0.05, 0.1) is 6.10 Å². The van der Waals surface area contributed by atoms with Crippen LogP contribution in [-0.4, -0.2) is 23.2 Å². The van der Waals surface area contributed by atoms with E-state index in [-0.39, 0.29) is 0 Å². The number of pyridine rings is 1. The molecule has 1 saturated heterocycles. The molecule has 1 aliphatic heterocycles. The monoisotopic (exact) mass is 248 g/mol. The van der Waals surface area contributed by atoms with Crippen LogP contribution in [0, 0.1) is 5.41 Å². The van der Waals surface area contributed by atoms with Gasteiger partial charge in [-0.2, -0.15) is 0 Å². The predicted octanol–water partition coefficient (Wildman–Crippen LogP) is 3.15. The second kappa shape index (κ2) is 5.27. The van der Waals surface area contributed by atoms with E-state index in [9.17, 15) is 5.11 Å². The molecule has 0 aromatic carbocycles. The Morgan fingerprint density at radius 2 is 2.06 bits per heavy atom. The van der Waals surface area contributed by atoms with E-state index >= 15 is 0 Å². The number of nitrogens with zero attached hydrogens (tertiary/aromatic N) is 2. The van der Waals surface area contributed by atoms with Gasteiger partial charge in [-0.05, 0) is 36.8 Å². The van der Waals surface area contributed by atoms with Crippen LogP contribution >= 0.6 is 0 Å². The normalized spacial score (nSPS) is 20.8. The lowest BCUT2D eigenvalue weighted by Crippen LogP contribution is -2.38. The number of piperidine rings is 1. The topological polar surface area (TPSA) is 36.4 Å². The highest BCUT2D eigenvalue weighted by atomic mass is 16.3. The second-order valence-electron chi connectivity index (χ2n) is 5.78. The molecule has 18 heavy (non-hydrogen) atoms. The van der Waals surface area contributed by atoms with Gasteiger partial charge in [0.2, 0.25) is 0 Å². The minimum atomic E-state index is -0.434. The Bertz CT molecular complexity index is 378. The third kappa shape index (κ3) is 2.83. The Kier molecular flexibility index (Phi) is 3.91. The Morgan fingerprint density at radius 1 is 1.39 bits per heavy atom. The first-order valence-corrected chi connectivity index (χ1v) is 6.93. The molecule has 0 saturated carbocycles. The first kappa shape index (κ1) is 13.3. The van der Waals surface area contributed by atoms with Gasteiger partial charge in [-0.3, -0.25) is 0 Å². The molecule has 0 aliphatic carbocycles.